The Morgan fingerprint density at radius 1 is 1.27 bits per heavy atom. The molecule has 1 amide bonds. The minimum absolute atomic E-state index is 0.180. The molecule has 15 heavy (non-hydrogen) atoms. The lowest BCUT2D eigenvalue weighted by Crippen LogP contribution is -2.36. The molecule has 1 unspecified atom stereocenters. The Labute approximate surface area is 91.7 Å². The van der Waals surface area contributed by atoms with Crippen molar-refractivity contribution in [1.82, 2.24) is 9.80 Å². The summed E-state index contributed by atoms with van der Waals surface area (Å²) in [6, 6.07) is 0.627. The molecular formula is C12H20N2O. The van der Waals surface area contributed by atoms with Crippen LogP contribution in [-0.4, -0.2) is 47.9 Å². The van der Waals surface area contributed by atoms with Gasteiger partial charge < -0.3 is 4.90 Å². The van der Waals surface area contributed by atoms with E-state index in [1.54, 1.807) is 6.08 Å². The van der Waals surface area contributed by atoms with Gasteiger partial charge in [-0.1, -0.05) is 6.08 Å². The summed E-state index contributed by atoms with van der Waals surface area (Å²) in [5, 5.41) is 0. The number of rotatable bonds is 2. The average Bonchev–Trinajstić information content (AvgIpc) is 2.89. The molecule has 0 saturated carbocycles. The molecule has 2 aliphatic heterocycles. The van der Waals surface area contributed by atoms with Crippen molar-refractivity contribution in [2.75, 3.05) is 26.2 Å². The SMILES string of the molecule is CC=CC(=O)N1CCC(N2CCCC2)C1. The fourth-order valence-electron chi connectivity index (χ4n) is 2.59. The van der Waals surface area contributed by atoms with Crippen LogP contribution >= 0.6 is 0 Å². The highest BCUT2D eigenvalue weighted by Crippen LogP contribution is 2.20. The number of carbonyl (C=O) groups is 1. The third-order valence-electron chi connectivity index (χ3n) is 3.44. The summed E-state index contributed by atoms with van der Waals surface area (Å²) in [5.74, 6) is 0.180. The van der Waals surface area contributed by atoms with Crippen LogP contribution in [-0.2, 0) is 4.79 Å². The first-order valence-corrected chi connectivity index (χ1v) is 5.97. The molecule has 2 aliphatic rings. The molecule has 84 valence electrons. The lowest BCUT2D eigenvalue weighted by molar-refractivity contribution is -0.125. The minimum atomic E-state index is 0.180. The van der Waals surface area contributed by atoms with Gasteiger partial charge in [0.1, 0.15) is 0 Å². The quantitative estimate of drug-likeness (QED) is 0.638. The second kappa shape index (κ2) is 4.79. The lowest BCUT2D eigenvalue weighted by atomic mass is 10.2. The summed E-state index contributed by atoms with van der Waals surface area (Å²) in [6.45, 7) is 6.23. The number of amides is 1. The van der Waals surface area contributed by atoms with Gasteiger partial charge in [-0.05, 0) is 45.4 Å². The predicted octanol–water partition coefficient (Wildman–Crippen LogP) is 1.26. The number of nitrogens with zero attached hydrogens (tertiary/aromatic N) is 2. The molecule has 2 heterocycles. The Balaban J connectivity index is 1.86. The maximum absolute atomic E-state index is 11.6. The van der Waals surface area contributed by atoms with E-state index < -0.39 is 0 Å². The Hall–Kier alpha value is -0.830. The summed E-state index contributed by atoms with van der Waals surface area (Å²) < 4.78 is 0. The second-order valence-corrected chi connectivity index (χ2v) is 4.47. The van der Waals surface area contributed by atoms with Gasteiger partial charge in [-0.3, -0.25) is 9.69 Å². The van der Waals surface area contributed by atoms with Crippen molar-refractivity contribution in [1.29, 1.82) is 0 Å². The molecule has 2 fully saturated rings. The first kappa shape index (κ1) is 10.7. The molecule has 0 bridgehead atoms. The summed E-state index contributed by atoms with van der Waals surface area (Å²) in [5.41, 5.74) is 0. The molecule has 3 nitrogen and oxygen atoms in total. The van der Waals surface area contributed by atoms with E-state index in [0.717, 1.165) is 19.5 Å². The number of carbonyl (C=O) groups excluding carboxylic acids is 1. The smallest absolute Gasteiger partial charge is 0.246 e. The normalized spacial score (nSPS) is 28.1. The molecule has 0 radical (unpaired) electrons. The van der Waals surface area contributed by atoms with E-state index >= 15 is 0 Å². The van der Waals surface area contributed by atoms with Gasteiger partial charge in [-0.15, -0.1) is 0 Å². The van der Waals surface area contributed by atoms with E-state index in [4.69, 9.17) is 0 Å². The van der Waals surface area contributed by atoms with E-state index in [1.807, 2.05) is 17.9 Å². The molecule has 0 aliphatic carbocycles. The highest BCUT2D eigenvalue weighted by molar-refractivity contribution is 5.87. The fourth-order valence-corrected chi connectivity index (χ4v) is 2.59. The van der Waals surface area contributed by atoms with E-state index in [0.29, 0.717) is 6.04 Å². The third kappa shape index (κ3) is 2.40. The Kier molecular flexibility index (Phi) is 3.41. The van der Waals surface area contributed by atoms with Crippen molar-refractivity contribution in [3.63, 3.8) is 0 Å². The molecular weight excluding hydrogens is 188 g/mol. The molecule has 0 aromatic heterocycles. The van der Waals surface area contributed by atoms with E-state index in [9.17, 15) is 4.79 Å². The van der Waals surface area contributed by atoms with Gasteiger partial charge in [0.2, 0.25) is 5.91 Å². The molecule has 1 atom stereocenters. The summed E-state index contributed by atoms with van der Waals surface area (Å²) in [6.07, 6.45) is 7.32. The van der Waals surface area contributed by atoms with Gasteiger partial charge in [-0.2, -0.15) is 0 Å². The van der Waals surface area contributed by atoms with Gasteiger partial charge in [0, 0.05) is 19.1 Å². The minimum Gasteiger partial charge on any atom is -0.338 e. The summed E-state index contributed by atoms with van der Waals surface area (Å²) in [7, 11) is 0. The first-order valence-electron chi connectivity index (χ1n) is 5.97. The van der Waals surface area contributed by atoms with Crippen LogP contribution in [0.3, 0.4) is 0 Å². The largest absolute Gasteiger partial charge is 0.338 e. The zero-order valence-electron chi connectivity index (χ0n) is 9.48. The van der Waals surface area contributed by atoms with E-state index in [1.165, 1.54) is 25.9 Å². The average molecular weight is 208 g/mol. The van der Waals surface area contributed by atoms with Crippen LogP contribution in [0.25, 0.3) is 0 Å². The fraction of sp³-hybridized carbons (Fsp3) is 0.750. The highest BCUT2D eigenvalue weighted by Gasteiger charge is 2.30. The van der Waals surface area contributed by atoms with Crippen LogP contribution in [0.4, 0.5) is 0 Å². The summed E-state index contributed by atoms with van der Waals surface area (Å²) in [4.78, 5) is 16.1. The van der Waals surface area contributed by atoms with Gasteiger partial charge in [0.15, 0.2) is 0 Å². The Morgan fingerprint density at radius 3 is 2.67 bits per heavy atom. The van der Waals surface area contributed by atoms with Crippen LogP contribution < -0.4 is 0 Å². The van der Waals surface area contributed by atoms with Gasteiger partial charge in [-0.25, -0.2) is 0 Å². The molecule has 0 aromatic carbocycles. The maximum Gasteiger partial charge on any atom is 0.246 e. The summed E-state index contributed by atoms with van der Waals surface area (Å²) >= 11 is 0. The second-order valence-electron chi connectivity index (χ2n) is 4.47. The van der Waals surface area contributed by atoms with Gasteiger partial charge in [0.05, 0.1) is 0 Å². The number of hydrogen-bond acceptors (Lipinski definition) is 2. The molecule has 0 aromatic rings. The standard InChI is InChI=1S/C12H20N2O/c1-2-5-12(15)14-9-6-11(10-14)13-7-3-4-8-13/h2,5,11H,3-4,6-10H2,1H3. The Morgan fingerprint density at radius 2 is 2.00 bits per heavy atom. The van der Waals surface area contributed by atoms with Crippen molar-refractivity contribution in [2.45, 2.75) is 32.2 Å². The van der Waals surface area contributed by atoms with E-state index in [2.05, 4.69) is 4.90 Å². The van der Waals surface area contributed by atoms with Crippen molar-refractivity contribution in [3.8, 4) is 0 Å². The topological polar surface area (TPSA) is 23.6 Å². The van der Waals surface area contributed by atoms with Crippen molar-refractivity contribution in [3.05, 3.63) is 12.2 Å². The number of hydrogen-bond donors (Lipinski definition) is 0. The molecule has 2 saturated heterocycles. The molecule has 3 heteroatoms. The van der Waals surface area contributed by atoms with Crippen LogP contribution in [0.2, 0.25) is 0 Å². The third-order valence-corrected chi connectivity index (χ3v) is 3.44. The zero-order chi connectivity index (χ0) is 10.7. The first-order chi connectivity index (χ1) is 7.31. The zero-order valence-corrected chi connectivity index (χ0v) is 9.48. The van der Waals surface area contributed by atoms with Gasteiger partial charge in [0.25, 0.3) is 0 Å². The van der Waals surface area contributed by atoms with Crippen LogP contribution in [0.1, 0.15) is 26.2 Å². The lowest BCUT2D eigenvalue weighted by Gasteiger charge is -2.23. The van der Waals surface area contributed by atoms with Gasteiger partial charge >= 0.3 is 0 Å². The van der Waals surface area contributed by atoms with Crippen molar-refractivity contribution >= 4 is 5.91 Å². The number of likely N-dealkylation sites (tertiary alicyclic amines) is 2. The monoisotopic (exact) mass is 208 g/mol. The van der Waals surface area contributed by atoms with Crippen molar-refractivity contribution in [2.24, 2.45) is 0 Å². The number of allylic oxidation sites excluding steroid dienone is 1. The highest BCUT2D eigenvalue weighted by atomic mass is 16.2. The van der Waals surface area contributed by atoms with Crippen LogP contribution in [0.15, 0.2) is 12.2 Å². The molecule has 0 N–H and O–H groups in total. The van der Waals surface area contributed by atoms with Crippen molar-refractivity contribution < 1.29 is 4.79 Å². The molecule has 0 spiro atoms. The van der Waals surface area contributed by atoms with Crippen LogP contribution in [0, 0.1) is 0 Å². The van der Waals surface area contributed by atoms with E-state index in [-0.39, 0.29) is 5.91 Å². The van der Waals surface area contributed by atoms with Crippen LogP contribution in [0.5, 0.6) is 0 Å². The maximum atomic E-state index is 11.6. The predicted molar refractivity (Wildman–Crippen MR) is 60.6 cm³/mol. The molecule has 2 rings (SSSR count). The Bertz CT molecular complexity index is 256.